The zero-order chi connectivity index (χ0) is 7.84. The number of alkyl halides is 1. The Morgan fingerprint density at radius 1 is 1.64 bits per heavy atom. The van der Waals surface area contributed by atoms with E-state index in [4.69, 9.17) is 11.6 Å². The molecule has 58 valence electrons. The maximum absolute atomic E-state index is 5.99. The highest BCUT2D eigenvalue weighted by molar-refractivity contribution is 6.22. The van der Waals surface area contributed by atoms with Crippen molar-refractivity contribution in [1.29, 1.82) is 0 Å². The van der Waals surface area contributed by atoms with Gasteiger partial charge in [0.1, 0.15) is 5.82 Å². The minimum Gasteiger partial charge on any atom is -0.368 e. The van der Waals surface area contributed by atoms with Crippen LogP contribution in [0.15, 0.2) is 12.1 Å². The van der Waals surface area contributed by atoms with Gasteiger partial charge in [-0.15, -0.1) is 11.6 Å². The van der Waals surface area contributed by atoms with Gasteiger partial charge in [0.25, 0.3) is 0 Å². The van der Waals surface area contributed by atoms with Gasteiger partial charge in [0.05, 0.1) is 5.38 Å². The quantitative estimate of drug-likeness (QED) is 0.601. The number of pyridine rings is 1. The summed E-state index contributed by atoms with van der Waals surface area (Å²) < 4.78 is 0. The van der Waals surface area contributed by atoms with E-state index in [0.29, 0.717) is 0 Å². The Morgan fingerprint density at radius 2 is 2.45 bits per heavy atom. The zero-order valence-electron chi connectivity index (χ0n) is 6.26. The van der Waals surface area contributed by atoms with Crippen molar-refractivity contribution in [2.24, 2.45) is 0 Å². The molecule has 0 aliphatic carbocycles. The summed E-state index contributed by atoms with van der Waals surface area (Å²) in [6, 6.07) is 4.02. The second-order valence-electron chi connectivity index (χ2n) is 2.74. The summed E-state index contributed by atoms with van der Waals surface area (Å²) in [5.41, 5.74) is 2.15. The molecule has 0 spiro atoms. The molecule has 0 bridgehead atoms. The molecule has 0 aromatic carbocycles. The van der Waals surface area contributed by atoms with Gasteiger partial charge >= 0.3 is 0 Å². The van der Waals surface area contributed by atoms with Crippen molar-refractivity contribution >= 4 is 17.4 Å². The number of anilines is 1. The van der Waals surface area contributed by atoms with Gasteiger partial charge in [0.2, 0.25) is 0 Å². The van der Waals surface area contributed by atoms with Gasteiger partial charge in [0.15, 0.2) is 0 Å². The van der Waals surface area contributed by atoms with E-state index in [9.17, 15) is 0 Å². The maximum Gasteiger partial charge on any atom is 0.131 e. The lowest BCUT2D eigenvalue weighted by molar-refractivity contribution is 1.06. The number of aromatic nitrogens is 1. The van der Waals surface area contributed by atoms with Crippen molar-refractivity contribution in [2.45, 2.75) is 12.3 Å². The van der Waals surface area contributed by atoms with Crippen LogP contribution in [0.2, 0.25) is 0 Å². The summed E-state index contributed by atoms with van der Waals surface area (Å²) in [7, 11) is 0. The predicted molar refractivity (Wildman–Crippen MR) is 46.1 cm³/mol. The third-order valence-corrected chi connectivity index (χ3v) is 2.24. The van der Waals surface area contributed by atoms with E-state index in [1.165, 1.54) is 0 Å². The molecule has 1 aliphatic rings. The number of nitrogens with zero attached hydrogens (tertiary/aromatic N) is 1. The zero-order valence-corrected chi connectivity index (χ0v) is 7.02. The highest BCUT2D eigenvalue weighted by Crippen LogP contribution is 2.32. The molecule has 1 atom stereocenters. The van der Waals surface area contributed by atoms with Gasteiger partial charge in [-0.1, -0.05) is 6.07 Å². The average Bonchev–Trinajstić information content (AvgIpc) is 2.32. The molecular weight excluding hydrogens is 160 g/mol. The standard InChI is InChI=1S/C8H9ClN2/c1-5-2-3-6-7(9)4-10-8(6)11-5/h2-3,7H,4H2,1H3,(H,10,11). The van der Waals surface area contributed by atoms with Crippen LogP contribution >= 0.6 is 11.6 Å². The van der Waals surface area contributed by atoms with Crippen LogP contribution in [0, 0.1) is 6.92 Å². The number of rotatable bonds is 0. The smallest absolute Gasteiger partial charge is 0.131 e. The van der Waals surface area contributed by atoms with E-state index < -0.39 is 0 Å². The summed E-state index contributed by atoms with van der Waals surface area (Å²) >= 11 is 5.99. The molecule has 1 unspecified atom stereocenters. The minimum absolute atomic E-state index is 0.0955. The number of hydrogen-bond acceptors (Lipinski definition) is 2. The van der Waals surface area contributed by atoms with Crippen LogP contribution in [0.1, 0.15) is 16.6 Å². The first-order valence-corrected chi connectivity index (χ1v) is 4.06. The molecule has 1 aromatic heterocycles. The second kappa shape index (κ2) is 2.38. The lowest BCUT2D eigenvalue weighted by Gasteiger charge is -1.99. The van der Waals surface area contributed by atoms with Crippen LogP contribution in [-0.4, -0.2) is 11.5 Å². The first-order valence-electron chi connectivity index (χ1n) is 3.63. The van der Waals surface area contributed by atoms with E-state index in [0.717, 1.165) is 23.6 Å². The fraction of sp³-hybridized carbons (Fsp3) is 0.375. The van der Waals surface area contributed by atoms with E-state index >= 15 is 0 Å². The molecular formula is C8H9ClN2. The number of aryl methyl sites for hydroxylation is 1. The summed E-state index contributed by atoms with van der Waals surface area (Å²) in [6.45, 7) is 2.77. The highest BCUT2D eigenvalue weighted by Gasteiger charge is 2.20. The van der Waals surface area contributed by atoms with Crippen LogP contribution in [0.3, 0.4) is 0 Å². The van der Waals surface area contributed by atoms with Crippen LogP contribution in [0.4, 0.5) is 5.82 Å². The number of hydrogen-bond donors (Lipinski definition) is 1. The molecule has 2 rings (SSSR count). The van der Waals surface area contributed by atoms with Gasteiger partial charge in [-0.2, -0.15) is 0 Å². The van der Waals surface area contributed by atoms with Crippen LogP contribution in [0.25, 0.3) is 0 Å². The van der Waals surface area contributed by atoms with E-state index in [-0.39, 0.29) is 5.38 Å². The molecule has 0 radical (unpaired) electrons. The summed E-state index contributed by atoms with van der Waals surface area (Å²) in [4.78, 5) is 4.31. The number of fused-ring (bicyclic) bond motifs is 1. The maximum atomic E-state index is 5.99. The Labute approximate surface area is 70.6 Å². The normalized spacial score (nSPS) is 21.1. The third-order valence-electron chi connectivity index (χ3n) is 1.85. The summed E-state index contributed by atoms with van der Waals surface area (Å²) in [5.74, 6) is 0.949. The van der Waals surface area contributed by atoms with Crippen molar-refractivity contribution in [1.82, 2.24) is 4.98 Å². The lowest BCUT2D eigenvalue weighted by Crippen LogP contribution is -1.95. The fourth-order valence-electron chi connectivity index (χ4n) is 1.26. The van der Waals surface area contributed by atoms with Gasteiger partial charge in [-0.05, 0) is 13.0 Å². The van der Waals surface area contributed by atoms with Gasteiger partial charge in [-0.25, -0.2) is 4.98 Å². The molecule has 0 fully saturated rings. The number of nitrogens with one attached hydrogen (secondary N) is 1. The summed E-state index contributed by atoms with van der Waals surface area (Å²) in [6.07, 6.45) is 0. The Balaban J connectivity index is 2.50. The number of halogens is 1. The van der Waals surface area contributed by atoms with Crippen LogP contribution in [0.5, 0.6) is 0 Å². The SMILES string of the molecule is Cc1ccc2c(n1)NCC2Cl. The Hall–Kier alpha value is -0.760. The Morgan fingerprint density at radius 3 is 3.27 bits per heavy atom. The van der Waals surface area contributed by atoms with Crippen molar-refractivity contribution < 1.29 is 0 Å². The molecule has 1 aromatic rings. The molecule has 2 heterocycles. The Kier molecular flexibility index (Phi) is 1.50. The molecule has 1 N–H and O–H groups in total. The molecule has 0 saturated heterocycles. The van der Waals surface area contributed by atoms with Crippen molar-refractivity contribution in [3.05, 3.63) is 23.4 Å². The van der Waals surface area contributed by atoms with E-state index in [2.05, 4.69) is 10.3 Å². The monoisotopic (exact) mass is 168 g/mol. The molecule has 0 amide bonds. The van der Waals surface area contributed by atoms with Crippen molar-refractivity contribution in [3.8, 4) is 0 Å². The predicted octanol–water partition coefficient (Wildman–Crippen LogP) is 2.10. The minimum atomic E-state index is 0.0955. The van der Waals surface area contributed by atoms with Gasteiger partial charge in [0, 0.05) is 17.8 Å². The molecule has 3 heteroatoms. The molecule has 0 saturated carbocycles. The first kappa shape index (κ1) is 6.92. The van der Waals surface area contributed by atoms with Gasteiger partial charge < -0.3 is 5.32 Å². The first-order chi connectivity index (χ1) is 5.27. The average molecular weight is 169 g/mol. The molecule has 1 aliphatic heterocycles. The van der Waals surface area contributed by atoms with Crippen LogP contribution < -0.4 is 5.32 Å². The molecule has 11 heavy (non-hydrogen) atoms. The highest BCUT2D eigenvalue weighted by atomic mass is 35.5. The molecule has 2 nitrogen and oxygen atoms in total. The van der Waals surface area contributed by atoms with Crippen molar-refractivity contribution in [2.75, 3.05) is 11.9 Å². The van der Waals surface area contributed by atoms with Gasteiger partial charge in [-0.3, -0.25) is 0 Å². The van der Waals surface area contributed by atoms with E-state index in [1.807, 2.05) is 19.1 Å². The topological polar surface area (TPSA) is 24.9 Å². The van der Waals surface area contributed by atoms with E-state index in [1.54, 1.807) is 0 Å². The second-order valence-corrected chi connectivity index (χ2v) is 3.27. The third kappa shape index (κ3) is 1.07. The van der Waals surface area contributed by atoms with Crippen molar-refractivity contribution in [3.63, 3.8) is 0 Å². The fourth-order valence-corrected chi connectivity index (χ4v) is 1.51. The van der Waals surface area contributed by atoms with Crippen LogP contribution in [-0.2, 0) is 0 Å². The Bertz CT molecular complexity index is 285. The lowest BCUT2D eigenvalue weighted by atomic mass is 10.2. The summed E-state index contributed by atoms with van der Waals surface area (Å²) in [5, 5.41) is 3.24. The largest absolute Gasteiger partial charge is 0.368 e.